The zero-order chi connectivity index (χ0) is 10.3. The average Bonchev–Trinajstić information content (AvgIpc) is 2.60. The molecule has 0 aliphatic heterocycles. The summed E-state index contributed by atoms with van der Waals surface area (Å²) in [6.07, 6.45) is 0. The quantitative estimate of drug-likeness (QED) is 0.757. The third kappa shape index (κ3) is 1.53. The number of aromatic amines is 1. The number of H-pyrrole nitrogens is 1. The van der Waals surface area contributed by atoms with E-state index in [1.807, 2.05) is 7.05 Å². The molecule has 0 fully saturated rings. The van der Waals surface area contributed by atoms with Gasteiger partial charge in [-0.15, -0.1) is 11.3 Å². The van der Waals surface area contributed by atoms with Crippen molar-refractivity contribution in [2.75, 3.05) is 0 Å². The van der Waals surface area contributed by atoms with Crippen molar-refractivity contribution in [2.45, 2.75) is 13.8 Å². The highest BCUT2D eigenvalue weighted by Gasteiger charge is 2.07. The molecule has 2 aromatic rings. The summed E-state index contributed by atoms with van der Waals surface area (Å²) in [5, 5.41) is 3.11. The molecule has 1 N–H and O–H groups in total. The van der Waals surface area contributed by atoms with E-state index in [-0.39, 0.29) is 0 Å². The molecule has 0 bridgehead atoms. The summed E-state index contributed by atoms with van der Waals surface area (Å²) in [4.78, 5) is 6.74. The molecule has 0 radical (unpaired) electrons. The number of hydrogen-bond donors (Lipinski definition) is 1. The van der Waals surface area contributed by atoms with Crippen LogP contribution in [0.25, 0.3) is 10.7 Å². The van der Waals surface area contributed by atoms with Crippen LogP contribution >= 0.6 is 23.6 Å². The van der Waals surface area contributed by atoms with Gasteiger partial charge in [-0.2, -0.15) is 4.98 Å². The number of aryl methyl sites for hydroxylation is 3. The number of thiophene rings is 1. The standard InChI is InChI=1S/C9H11N3S2/c1-5-4-7(14-6(5)2)8-10-9(13)12(3)11-8/h4H,1-3H3,(H,10,11,13). The lowest BCUT2D eigenvalue weighted by atomic mass is 10.3. The molecule has 0 aliphatic carbocycles. The van der Waals surface area contributed by atoms with Crippen molar-refractivity contribution < 1.29 is 0 Å². The van der Waals surface area contributed by atoms with Gasteiger partial charge in [-0.1, -0.05) is 0 Å². The van der Waals surface area contributed by atoms with Crippen LogP contribution in [0.4, 0.5) is 0 Å². The highest BCUT2D eigenvalue weighted by Crippen LogP contribution is 2.27. The Morgan fingerprint density at radius 3 is 2.64 bits per heavy atom. The first-order chi connectivity index (χ1) is 6.58. The predicted molar refractivity (Wildman–Crippen MR) is 61.2 cm³/mol. The van der Waals surface area contributed by atoms with Gasteiger partial charge < -0.3 is 0 Å². The Balaban J connectivity index is 2.54. The van der Waals surface area contributed by atoms with Crippen molar-refractivity contribution in [3.63, 3.8) is 0 Å². The third-order valence-electron chi connectivity index (χ3n) is 2.17. The normalized spacial score (nSPS) is 10.8. The average molecular weight is 225 g/mol. The molecule has 0 saturated carbocycles. The van der Waals surface area contributed by atoms with Crippen molar-refractivity contribution >= 4 is 23.6 Å². The monoisotopic (exact) mass is 225 g/mol. The Labute approximate surface area is 91.4 Å². The summed E-state index contributed by atoms with van der Waals surface area (Å²) in [6.45, 7) is 4.22. The lowest BCUT2D eigenvalue weighted by Gasteiger charge is -1.88. The van der Waals surface area contributed by atoms with Crippen LogP contribution in [0.5, 0.6) is 0 Å². The van der Waals surface area contributed by atoms with E-state index in [0.29, 0.717) is 4.77 Å². The predicted octanol–water partition coefficient (Wildman–Crippen LogP) is 2.82. The molecule has 2 rings (SSSR count). The molecule has 5 heteroatoms. The second kappa shape index (κ2) is 3.33. The molecule has 3 nitrogen and oxygen atoms in total. The molecule has 14 heavy (non-hydrogen) atoms. The van der Waals surface area contributed by atoms with Crippen LogP contribution in [0.3, 0.4) is 0 Å². The van der Waals surface area contributed by atoms with E-state index in [0.717, 1.165) is 10.7 Å². The van der Waals surface area contributed by atoms with E-state index in [4.69, 9.17) is 12.2 Å². The summed E-state index contributed by atoms with van der Waals surface area (Å²) in [7, 11) is 1.87. The summed E-state index contributed by atoms with van der Waals surface area (Å²) >= 11 is 6.78. The molecule has 0 amide bonds. The van der Waals surface area contributed by atoms with Crippen molar-refractivity contribution in [1.82, 2.24) is 14.8 Å². The second-order valence-corrected chi connectivity index (χ2v) is 4.89. The largest absolute Gasteiger partial charge is 0.279 e. The van der Waals surface area contributed by atoms with E-state index in [2.05, 4.69) is 30.0 Å². The Morgan fingerprint density at radius 1 is 1.50 bits per heavy atom. The fraction of sp³-hybridized carbons (Fsp3) is 0.333. The molecule has 0 saturated heterocycles. The summed E-state index contributed by atoms with van der Waals surface area (Å²) in [6, 6.07) is 2.13. The summed E-state index contributed by atoms with van der Waals surface area (Å²) in [5.74, 6) is 0.860. The number of nitrogens with zero attached hydrogens (tertiary/aromatic N) is 2. The fourth-order valence-electron chi connectivity index (χ4n) is 1.20. The van der Waals surface area contributed by atoms with Gasteiger partial charge in [-0.05, 0) is 37.7 Å². The Hall–Kier alpha value is -0.940. The maximum atomic E-state index is 5.04. The van der Waals surface area contributed by atoms with E-state index >= 15 is 0 Å². The van der Waals surface area contributed by atoms with Crippen LogP contribution in [0, 0.1) is 18.6 Å². The first-order valence-electron chi connectivity index (χ1n) is 4.28. The Morgan fingerprint density at radius 2 is 2.21 bits per heavy atom. The topological polar surface area (TPSA) is 33.6 Å². The molecule has 0 unspecified atom stereocenters. The van der Waals surface area contributed by atoms with Gasteiger partial charge in [0.1, 0.15) is 0 Å². The molecule has 0 spiro atoms. The van der Waals surface area contributed by atoms with Gasteiger partial charge in [0.25, 0.3) is 0 Å². The van der Waals surface area contributed by atoms with Crippen LogP contribution in [-0.4, -0.2) is 14.8 Å². The minimum absolute atomic E-state index is 0.587. The van der Waals surface area contributed by atoms with Crippen molar-refractivity contribution in [3.05, 3.63) is 21.3 Å². The minimum atomic E-state index is 0.587. The molecular formula is C9H11N3S2. The highest BCUT2D eigenvalue weighted by atomic mass is 32.1. The lowest BCUT2D eigenvalue weighted by molar-refractivity contribution is 0.756. The number of aromatic nitrogens is 3. The fourth-order valence-corrected chi connectivity index (χ4v) is 2.31. The third-order valence-corrected chi connectivity index (χ3v) is 3.69. The van der Waals surface area contributed by atoms with Gasteiger partial charge in [0.15, 0.2) is 5.82 Å². The van der Waals surface area contributed by atoms with Gasteiger partial charge in [0.05, 0.1) is 4.88 Å². The van der Waals surface area contributed by atoms with E-state index < -0.39 is 0 Å². The first kappa shape index (κ1) is 9.61. The van der Waals surface area contributed by atoms with Crippen LogP contribution in [0.15, 0.2) is 6.07 Å². The van der Waals surface area contributed by atoms with Gasteiger partial charge in [0, 0.05) is 11.9 Å². The molecule has 0 atom stereocenters. The lowest BCUT2D eigenvalue weighted by Crippen LogP contribution is -1.88. The van der Waals surface area contributed by atoms with Crippen LogP contribution in [0.2, 0.25) is 0 Å². The van der Waals surface area contributed by atoms with Gasteiger partial charge in [0.2, 0.25) is 4.77 Å². The van der Waals surface area contributed by atoms with Crippen molar-refractivity contribution in [3.8, 4) is 10.7 Å². The molecular weight excluding hydrogens is 214 g/mol. The van der Waals surface area contributed by atoms with Gasteiger partial charge in [-0.25, -0.2) is 0 Å². The van der Waals surface area contributed by atoms with E-state index in [1.165, 1.54) is 10.4 Å². The second-order valence-electron chi connectivity index (χ2n) is 3.26. The van der Waals surface area contributed by atoms with Crippen LogP contribution < -0.4 is 0 Å². The van der Waals surface area contributed by atoms with E-state index in [9.17, 15) is 0 Å². The van der Waals surface area contributed by atoms with Crippen LogP contribution in [0.1, 0.15) is 10.4 Å². The van der Waals surface area contributed by atoms with Gasteiger partial charge >= 0.3 is 0 Å². The van der Waals surface area contributed by atoms with Gasteiger partial charge in [-0.3, -0.25) is 9.78 Å². The summed E-state index contributed by atoms with van der Waals surface area (Å²) < 4.78 is 2.33. The molecule has 0 aromatic carbocycles. The zero-order valence-electron chi connectivity index (χ0n) is 8.29. The maximum Gasteiger partial charge on any atom is 0.216 e. The summed E-state index contributed by atoms with van der Waals surface area (Å²) in [5.41, 5.74) is 1.30. The SMILES string of the molecule is Cc1cc(-c2nc(=S)n(C)[nH]2)sc1C. The number of rotatable bonds is 1. The highest BCUT2D eigenvalue weighted by molar-refractivity contribution is 7.71. The molecule has 74 valence electrons. The minimum Gasteiger partial charge on any atom is -0.279 e. The van der Waals surface area contributed by atoms with E-state index in [1.54, 1.807) is 16.0 Å². The van der Waals surface area contributed by atoms with Crippen molar-refractivity contribution in [2.24, 2.45) is 7.05 Å². The van der Waals surface area contributed by atoms with Crippen molar-refractivity contribution in [1.29, 1.82) is 0 Å². The molecule has 0 aliphatic rings. The molecule has 2 aromatic heterocycles. The Bertz CT molecular complexity index is 499. The number of hydrogen-bond acceptors (Lipinski definition) is 3. The zero-order valence-corrected chi connectivity index (χ0v) is 9.92. The van der Waals surface area contributed by atoms with Crippen LogP contribution in [-0.2, 0) is 7.05 Å². The first-order valence-corrected chi connectivity index (χ1v) is 5.51. The number of nitrogens with one attached hydrogen (secondary N) is 1. The maximum absolute atomic E-state index is 5.04. The smallest absolute Gasteiger partial charge is 0.216 e. The molecule has 2 heterocycles. The Kier molecular flexibility index (Phi) is 2.28.